The van der Waals surface area contributed by atoms with Gasteiger partial charge in [0.05, 0.1) is 22.8 Å². The molecule has 0 saturated carbocycles. The van der Waals surface area contributed by atoms with Crippen molar-refractivity contribution in [3.8, 4) is 36.2 Å². The standard InChI is InChI=1S/C29H26N4O6/c1-4-18-37-26-15-16-27(28(21-26)38-19-5-2)29(34)39-20-17-32(6-3)24-11-7-22(8-12-24)30-31-23-9-13-25(14-10-23)33(35)36/h1-2,7-16,21H,6,17-20H2,3H3. The fourth-order valence-corrected chi connectivity index (χ4v) is 3.41. The molecule has 0 aliphatic heterocycles. The molecule has 0 aliphatic rings. The van der Waals surface area contributed by atoms with Gasteiger partial charge in [-0.2, -0.15) is 10.2 Å². The van der Waals surface area contributed by atoms with Crippen molar-refractivity contribution in [1.82, 2.24) is 0 Å². The number of anilines is 1. The van der Waals surface area contributed by atoms with Crippen molar-refractivity contribution in [3.63, 3.8) is 0 Å². The van der Waals surface area contributed by atoms with Gasteiger partial charge >= 0.3 is 5.97 Å². The van der Waals surface area contributed by atoms with E-state index in [4.69, 9.17) is 27.1 Å². The first-order valence-electron chi connectivity index (χ1n) is 11.9. The number of hydrogen-bond donors (Lipinski definition) is 0. The Kier molecular flexibility index (Phi) is 10.4. The number of benzene rings is 3. The molecule has 0 aliphatic carbocycles. The van der Waals surface area contributed by atoms with E-state index in [9.17, 15) is 14.9 Å². The van der Waals surface area contributed by atoms with Gasteiger partial charge in [-0.1, -0.05) is 11.8 Å². The van der Waals surface area contributed by atoms with Crippen LogP contribution in [0.3, 0.4) is 0 Å². The molecule has 3 aromatic rings. The minimum absolute atomic E-state index is 0.00934. The van der Waals surface area contributed by atoms with Gasteiger partial charge in [-0.15, -0.1) is 12.8 Å². The Labute approximate surface area is 226 Å². The van der Waals surface area contributed by atoms with Gasteiger partial charge in [0.2, 0.25) is 0 Å². The third-order valence-corrected chi connectivity index (χ3v) is 5.34. The summed E-state index contributed by atoms with van der Waals surface area (Å²) in [6, 6.07) is 17.9. The number of carbonyl (C=O) groups is 1. The molecule has 3 rings (SSSR count). The van der Waals surface area contributed by atoms with E-state index in [2.05, 4.69) is 22.1 Å². The third kappa shape index (κ3) is 8.34. The first-order chi connectivity index (χ1) is 18.9. The summed E-state index contributed by atoms with van der Waals surface area (Å²) in [5.41, 5.74) is 2.25. The topological polar surface area (TPSA) is 116 Å². The number of ether oxygens (including phenoxy) is 3. The Morgan fingerprint density at radius 2 is 1.56 bits per heavy atom. The molecule has 0 atom stereocenters. The molecule has 0 heterocycles. The van der Waals surface area contributed by atoms with Crippen molar-refractivity contribution in [3.05, 3.63) is 82.4 Å². The molecule has 10 nitrogen and oxygen atoms in total. The van der Waals surface area contributed by atoms with Gasteiger partial charge in [-0.05, 0) is 55.5 Å². The van der Waals surface area contributed by atoms with Gasteiger partial charge in [-0.25, -0.2) is 4.79 Å². The number of azo groups is 1. The van der Waals surface area contributed by atoms with Crippen LogP contribution in [0.1, 0.15) is 17.3 Å². The third-order valence-electron chi connectivity index (χ3n) is 5.34. The lowest BCUT2D eigenvalue weighted by Crippen LogP contribution is -2.28. The molecule has 3 aromatic carbocycles. The number of nitro benzene ring substituents is 1. The zero-order chi connectivity index (χ0) is 28.0. The molecule has 0 bridgehead atoms. The molecular formula is C29H26N4O6. The summed E-state index contributed by atoms with van der Waals surface area (Å²) in [6.45, 7) is 3.32. The molecule has 0 N–H and O–H groups in total. The fraction of sp³-hybridized carbons (Fsp3) is 0.207. The van der Waals surface area contributed by atoms with Crippen LogP contribution in [-0.2, 0) is 4.74 Å². The van der Waals surface area contributed by atoms with Crippen molar-refractivity contribution in [2.75, 3.05) is 37.8 Å². The quantitative estimate of drug-likeness (QED) is 0.0920. The summed E-state index contributed by atoms with van der Waals surface area (Å²) in [4.78, 5) is 25.1. The highest BCUT2D eigenvalue weighted by Gasteiger charge is 2.16. The molecule has 0 radical (unpaired) electrons. The number of non-ortho nitro benzene ring substituents is 1. The lowest BCUT2D eigenvalue weighted by atomic mass is 10.2. The largest absolute Gasteiger partial charge is 0.481 e. The zero-order valence-corrected chi connectivity index (χ0v) is 21.3. The van der Waals surface area contributed by atoms with Crippen LogP contribution < -0.4 is 14.4 Å². The Hall–Kier alpha value is -5.35. The number of nitro groups is 1. The van der Waals surface area contributed by atoms with E-state index in [1.807, 2.05) is 24.0 Å². The smallest absolute Gasteiger partial charge is 0.341 e. The van der Waals surface area contributed by atoms with Crippen molar-refractivity contribution in [1.29, 1.82) is 0 Å². The first kappa shape index (κ1) is 28.2. The second-order valence-electron chi connectivity index (χ2n) is 7.85. The summed E-state index contributed by atoms with van der Waals surface area (Å²) >= 11 is 0. The van der Waals surface area contributed by atoms with Gasteiger partial charge in [0.1, 0.15) is 36.9 Å². The number of terminal acetylenes is 2. The average Bonchev–Trinajstić information content (AvgIpc) is 2.96. The monoisotopic (exact) mass is 526 g/mol. The van der Waals surface area contributed by atoms with E-state index >= 15 is 0 Å². The second-order valence-corrected chi connectivity index (χ2v) is 7.85. The Balaban J connectivity index is 1.58. The van der Waals surface area contributed by atoms with Crippen LogP contribution in [0.4, 0.5) is 22.7 Å². The minimum Gasteiger partial charge on any atom is -0.481 e. The highest BCUT2D eigenvalue weighted by Crippen LogP contribution is 2.27. The van der Waals surface area contributed by atoms with E-state index in [1.165, 1.54) is 24.3 Å². The molecule has 0 aromatic heterocycles. The minimum atomic E-state index is -0.552. The highest BCUT2D eigenvalue weighted by molar-refractivity contribution is 5.92. The first-order valence-corrected chi connectivity index (χ1v) is 11.9. The molecule has 39 heavy (non-hydrogen) atoms. The van der Waals surface area contributed by atoms with Crippen LogP contribution in [-0.4, -0.2) is 43.8 Å². The van der Waals surface area contributed by atoms with Gasteiger partial charge in [-0.3, -0.25) is 10.1 Å². The molecule has 0 fully saturated rings. The summed E-state index contributed by atoms with van der Waals surface area (Å²) in [6.07, 6.45) is 10.5. The SMILES string of the molecule is C#CCOc1ccc(C(=O)OCCN(CC)c2ccc(N=Nc3ccc([N+](=O)[O-])cc3)cc2)c(OCC#C)c1. The lowest BCUT2D eigenvalue weighted by Gasteiger charge is -2.23. The predicted molar refractivity (Wildman–Crippen MR) is 147 cm³/mol. The highest BCUT2D eigenvalue weighted by atomic mass is 16.6. The maximum Gasteiger partial charge on any atom is 0.341 e. The van der Waals surface area contributed by atoms with Crippen molar-refractivity contribution in [2.45, 2.75) is 6.92 Å². The summed E-state index contributed by atoms with van der Waals surface area (Å²) in [5, 5.41) is 19.0. The van der Waals surface area contributed by atoms with E-state index in [0.29, 0.717) is 30.2 Å². The number of likely N-dealkylation sites (N-methyl/N-ethyl adjacent to an activating group) is 1. The van der Waals surface area contributed by atoms with Gasteiger partial charge in [0.15, 0.2) is 0 Å². The fourth-order valence-electron chi connectivity index (χ4n) is 3.41. The molecule has 198 valence electrons. The Morgan fingerprint density at radius 3 is 2.15 bits per heavy atom. The number of esters is 1. The van der Waals surface area contributed by atoms with E-state index < -0.39 is 10.9 Å². The molecule has 0 spiro atoms. The Bertz CT molecular complexity index is 1390. The van der Waals surface area contributed by atoms with Crippen LogP contribution in [0.2, 0.25) is 0 Å². The molecule has 0 saturated heterocycles. The second kappa shape index (κ2) is 14.4. The molecule has 0 unspecified atom stereocenters. The van der Waals surface area contributed by atoms with E-state index in [1.54, 1.807) is 30.3 Å². The van der Waals surface area contributed by atoms with Crippen LogP contribution >= 0.6 is 0 Å². The van der Waals surface area contributed by atoms with E-state index in [-0.39, 0.29) is 36.8 Å². The number of nitrogens with zero attached hydrogens (tertiary/aromatic N) is 4. The van der Waals surface area contributed by atoms with Gasteiger partial charge in [0, 0.05) is 30.4 Å². The maximum atomic E-state index is 12.7. The molecule has 10 heteroatoms. The van der Waals surface area contributed by atoms with Crippen molar-refractivity contribution in [2.24, 2.45) is 10.2 Å². The average molecular weight is 527 g/mol. The number of hydrogen-bond acceptors (Lipinski definition) is 9. The van der Waals surface area contributed by atoms with Crippen LogP contribution in [0.5, 0.6) is 11.5 Å². The van der Waals surface area contributed by atoms with Crippen LogP contribution in [0.15, 0.2) is 77.0 Å². The molecule has 0 amide bonds. The summed E-state index contributed by atoms with van der Waals surface area (Å²) < 4.78 is 16.4. The van der Waals surface area contributed by atoms with Crippen LogP contribution in [0.25, 0.3) is 0 Å². The number of carbonyl (C=O) groups excluding carboxylic acids is 1. The summed E-state index contributed by atoms with van der Waals surface area (Å²) in [5.74, 6) is 4.88. The maximum absolute atomic E-state index is 12.7. The van der Waals surface area contributed by atoms with Crippen LogP contribution in [0, 0.1) is 34.8 Å². The van der Waals surface area contributed by atoms with Crippen molar-refractivity contribution >= 4 is 28.7 Å². The summed E-state index contributed by atoms with van der Waals surface area (Å²) in [7, 11) is 0. The predicted octanol–water partition coefficient (Wildman–Crippen LogP) is 5.72. The zero-order valence-electron chi connectivity index (χ0n) is 21.3. The normalized spacial score (nSPS) is 10.3. The Morgan fingerprint density at radius 1 is 0.949 bits per heavy atom. The number of rotatable bonds is 13. The van der Waals surface area contributed by atoms with E-state index in [0.717, 1.165) is 5.69 Å². The molecular weight excluding hydrogens is 500 g/mol. The van der Waals surface area contributed by atoms with Gasteiger partial charge in [0.25, 0.3) is 5.69 Å². The van der Waals surface area contributed by atoms with Crippen molar-refractivity contribution < 1.29 is 23.9 Å². The van der Waals surface area contributed by atoms with Gasteiger partial charge < -0.3 is 19.1 Å². The lowest BCUT2D eigenvalue weighted by molar-refractivity contribution is -0.384.